The molecule has 4 heteroatoms. The molecule has 0 unspecified atom stereocenters. The summed E-state index contributed by atoms with van der Waals surface area (Å²) in [6, 6.07) is 5.99. The Morgan fingerprint density at radius 3 is 2.68 bits per heavy atom. The molecule has 0 saturated heterocycles. The Morgan fingerprint density at radius 2 is 2.16 bits per heavy atom. The average molecular weight is 262 g/mol. The zero-order valence-corrected chi connectivity index (χ0v) is 11.8. The van der Waals surface area contributed by atoms with Crippen LogP contribution in [0.5, 0.6) is 0 Å². The summed E-state index contributed by atoms with van der Waals surface area (Å²) in [7, 11) is 1.37. The Hall–Kier alpha value is -1.71. The molecule has 0 radical (unpaired) electrons. The van der Waals surface area contributed by atoms with Crippen LogP contribution in [0.4, 0.5) is 11.4 Å². The van der Waals surface area contributed by atoms with Crippen LogP contribution in [0.25, 0.3) is 0 Å². The van der Waals surface area contributed by atoms with Crippen LogP contribution in [0, 0.1) is 5.92 Å². The fourth-order valence-electron chi connectivity index (χ4n) is 2.20. The molecule has 1 aliphatic rings. The quantitative estimate of drug-likeness (QED) is 0.654. The van der Waals surface area contributed by atoms with E-state index >= 15 is 0 Å². The molecule has 0 amide bonds. The highest BCUT2D eigenvalue weighted by Crippen LogP contribution is 2.33. The van der Waals surface area contributed by atoms with Gasteiger partial charge in [-0.3, -0.25) is 0 Å². The van der Waals surface area contributed by atoms with Gasteiger partial charge in [0.15, 0.2) is 0 Å². The second-order valence-corrected chi connectivity index (χ2v) is 5.45. The number of nitrogens with zero attached hydrogens (tertiary/aromatic N) is 1. The van der Waals surface area contributed by atoms with E-state index in [4.69, 9.17) is 10.5 Å². The number of rotatable bonds is 5. The molecule has 0 bridgehead atoms. The van der Waals surface area contributed by atoms with Crippen LogP contribution < -0.4 is 10.6 Å². The highest BCUT2D eigenvalue weighted by atomic mass is 16.5. The third-order valence-corrected chi connectivity index (χ3v) is 3.55. The van der Waals surface area contributed by atoms with Gasteiger partial charge in [0.05, 0.1) is 12.7 Å². The van der Waals surface area contributed by atoms with Gasteiger partial charge in [-0.1, -0.05) is 0 Å². The molecule has 0 aromatic heterocycles. The van der Waals surface area contributed by atoms with E-state index in [9.17, 15) is 4.79 Å². The SMILES string of the molecule is COC(=O)c1cc(N(CC2CC2)C(C)C)ccc1N. The van der Waals surface area contributed by atoms with Crippen LogP contribution >= 0.6 is 0 Å². The molecule has 0 atom stereocenters. The zero-order chi connectivity index (χ0) is 14.0. The van der Waals surface area contributed by atoms with Gasteiger partial charge in [-0.15, -0.1) is 0 Å². The zero-order valence-electron chi connectivity index (χ0n) is 11.8. The highest BCUT2D eigenvalue weighted by Gasteiger charge is 2.26. The standard InChI is InChI=1S/C15H22N2O2/c1-10(2)17(9-11-4-5-11)12-6-7-14(16)13(8-12)15(18)19-3/h6-8,10-11H,4-5,9,16H2,1-3H3. The molecule has 0 aliphatic heterocycles. The second-order valence-electron chi connectivity index (χ2n) is 5.45. The number of nitrogens with two attached hydrogens (primary N) is 1. The summed E-state index contributed by atoms with van der Waals surface area (Å²) in [5, 5.41) is 0. The molecule has 1 aromatic rings. The number of nitrogen functional groups attached to an aromatic ring is 1. The molecule has 1 fully saturated rings. The molecule has 19 heavy (non-hydrogen) atoms. The summed E-state index contributed by atoms with van der Waals surface area (Å²) in [5.74, 6) is 0.413. The van der Waals surface area contributed by atoms with Crippen LogP contribution in [0.2, 0.25) is 0 Å². The summed E-state index contributed by atoms with van der Waals surface area (Å²) in [4.78, 5) is 14.0. The maximum atomic E-state index is 11.7. The van der Waals surface area contributed by atoms with E-state index in [0.717, 1.165) is 18.2 Å². The van der Waals surface area contributed by atoms with E-state index < -0.39 is 0 Å². The van der Waals surface area contributed by atoms with Crippen molar-refractivity contribution in [2.24, 2.45) is 5.92 Å². The van der Waals surface area contributed by atoms with Gasteiger partial charge in [0.1, 0.15) is 0 Å². The smallest absolute Gasteiger partial charge is 0.340 e. The summed E-state index contributed by atoms with van der Waals surface area (Å²) in [5.41, 5.74) is 7.78. The monoisotopic (exact) mass is 262 g/mol. The van der Waals surface area contributed by atoms with E-state index in [2.05, 4.69) is 18.7 Å². The van der Waals surface area contributed by atoms with E-state index in [1.807, 2.05) is 12.1 Å². The molecule has 0 spiro atoms. The largest absolute Gasteiger partial charge is 0.465 e. The minimum Gasteiger partial charge on any atom is -0.465 e. The molecular formula is C15H22N2O2. The lowest BCUT2D eigenvalue weighted by atomic mass is 10.1. The lowest BCUT2D eigenvalue weighted by molar-refractivity contribution is 0.0602. The van der Waals surface area contributed by atoms with Crippen LogP contribution in [0.3, 0.4) is 0 Å². The molecule has 2 rings (SSSR count). The number of carbonyl (C=O) groups is 1. The first-order chi connectivity index (χ1) is 9.02. The predicted molar refractivity (Wildman–Crippen MR) is 77.4 cm³/mol. The molecule has 2 N–H and O–H groups in total. The number of hydrogen-bond acceptors (Lipinski definition) is 4. The van der Waals surface area contributed by atoms with E-state index in [1.165, 1.54) is 20.0 Å². The molecule has 4 nitrogen and oxygen atoms in total. The van der Waals surface area contributed by atoms with Gasteiger partial charge in [-0.2, -0.15) is 0 Å². The summed E-state index contributed by atoms with van der Waals surface area (Å²) in [6.45, 7) is 5.37. The van der Waals surface area contributed by atoms with Crippen molar-refractivity contribution in [1.29, 1.82) is 0 Å². The Labute approximate surface area is 114 Å². The first-order valence-corrected chi connectivity index (χ1v) is 6.77. The Kier molecular flexibility index (Phi) is 3.98. The minimum atomic E-state index is -0.380. The topological polar surface area (TPSA) is 55.6 Å². The van der Waals surface area contributed by atoms with Crippen LogP contribution in [0.1, 0.15) is 37.0 Å². The van der Waals surface area contributed by atoms with Crippen molar-refractivity contribution < 1.29 is 9.53 Å². The molecule has 104 valence electrons. The third-order valence-electron chi connectivity index (χ3n) is 3.55. The van der Waals surface area contributed by atoms with Gasteiger partial charge in [0, 0.05) is 24.0 Å². The number of carbonyl (C=O) groups excluding carboxylic acids is 1. The fourth-order valence-corrected chi connectivity index (χ4v) is 2.20. The average Bonchev–Trinajstić information content (AvgIpc) is 3.19. The van der Waals surface area contributed by atoms with Crippen molar-refractivity contribution in [3.05, 3.63) is 23.8 Å². The van der Waals surface area contributed by atoms with Gasteiger partial charge in [0.2, 0.25) is 0 Å². The molecule has 1 saturated carbocycles. The first-order valence-electron chi connectivity index (χ1n) is 6.77. The molecule has 1 aliphatic carbocycles. The predicted octanol–water partition coefficient (Wildman–Crippen LogP) is 2.68. The Balaban J connectivity index is 2.28. The van der Waals surface area contributed by atoms with Crippen molar-refractivity contribution in [3.8, 4) is 0 Å². The third kappa shape index (κ3) is 3.19. The van der Waals surface area contributed by atoms with Crippen LogP contribution in [0.15, 0.2) is 18.2 Å². The number of methoxy groups -OCH3 is 1. The van der Waals surface area contributed by atoms with Gasteiger partial charge in [-0.05, 0) is 50.8 Å². The normalized spacial score (nSPS) is 14.5. The number of ether oxygens (including phenoxy) is 1. The van der Waals surface area contributed by atoms with Gasteiger partial charge in [0.25, 0.3) is 0 Å². The van der Waals surface area contributed by atoms with E-state index in [0.29, 0.717) is 17.3 Å². The van der Waals surface area contributed by atoms with Crippen LogP contribution in [-0.2, 0) is 4.74 Å². The van der Waals surface area contributed by atoms with E-state index in [1.54, 1.807) is 6.07 Å². The van der Waals surface area contributed by atoms with Gasteiger partial charge in [-0.25, -0.2) is 4.79 Å². The maximum absolute atomic E-state index is 11.7. The van der Waals surface area contributed by atoms with Crippen molar-refractivity contribution >= 4 is 17.3 Å². The first kappa shape index (κ1) is 13.7. The molecular weight excluding hydrogens is 240 g/mol. The van der Waals surface area contributed by atoms with E-state index in [-0.39, 0.29) is 5.97 Å². The lowest BCUT2D eigenvalue weighted by Gasteiger charge is -2.29. The maximum Gasteiger partial charge on any atom is 0.340 e. The minimum absolute atomic E-state index is 0.380. The van der Waals surface area contributed by atoms with Crippen molar-refractivity contribution in [2.45, 2.75) is 32.7 Å². The fraction of sp³-hybridized carbons (Fsp3) is 0.533. The second kappa shape index (κ2) is 5.51. The van der Waals surface area contributed by atoms with Gasteiger partial charge < -0.3 is 15.4 Å². The number of benzene rings is 1. The lowest BCUT2D eigenvalue weighted by Crippen LogP contribution is -2.32. The molecule has 0 heterocycles. The van der Waals surface area contributed by atoms with Crippen molar-refractivity contribution in [2.75, 3.05) is 24.3 Å². The van der Waals surface area contributed by atoms with Crippen molar-refractivity contribution in [3.63, 3.8) is 0 Å². The number of hydrogen-bond donors (Lipinski definition) is 1. The van der Waals surface area contributed by atoms with Gasteiger partial charge >= 0.3 is 5.97 Å². The summed E-state index contributed by atoms with van der Waals surface area (Å²) in [6.07, 6.45) is 2.62. The molecule has 1 aromatic carbocycles. The summed E-state index contributed by atoms with van der Waals surface area (Å²) < 4.78 is 4.77. The number of esters is 1. The Bertz CT molecular complexity index is 467. The van der Waals surface area contributed by atoms with Crippen molar-refractivity contribution in [1.82, 2.24) is 0 Å². The summed E-state index contributed by atoms with van der Waals surface area (Å²) >= 11 is 0. The number of anilines is 2. The van der Waals surface area contributed by atoms with Crippen LogP contribution in [-0.4, -0.2) is 25.7 Å². The highest BCUT2D eigenvalue weighted by molar-refractivity contribution is 5.96. The Morgan fingerprint density at radius 1 is 1.47 bits per heavy atom.